The number of carbonyl (C=O) groups excluding carboxylic acids is 1. The smallest absolute Gasteiger partial charge is 0.310 e. The molecule has 1 aliphatic rings. The topological polar surface area (TPSA) is 56.1 Å². The van der Waals surface area contributed by atoms with E-state index >= 15 is 0 Å². The summed E-state index contributed by atoms with van der Waals surface area (Å²) in [6.07, 6.45) is 3.72. The zero-order valence-corrected chi connectivity index (χ0v) is 9.64. The number of ether oxygens (including phenoxy) is 1. The molecule has 0 radical (unpaired) electrons. The molecular formula is C11H17N3O2. The summed E-state index contributed by atoms with van der Waals surface area (Å²) in [5.74, 6) is -0.0850. The van der Waals surface area contributed by atoms with E-state index in [0.29, 0.717) is 13.2 Å². The van der Waals surface area contributed by atoms with Crippen LogP contribution in [0.2, 0.25) is 0 Å². The summed E-state index contributed by atoms with van der Waals surface area (Å²) in [6, 6.07) is 0. The molecule has 0 bridgehead atoms. The highest BCUT2D eigenvalue weighted by molar-refractivity contribution is 5.74. The fourth-order valence-corrected chi connectivity index (χ4v) is 2.11. The van der Waals surface area contributed by atoms with Crippen molar-refractivity contribution in [2.45, 2.75) is 12.8 Å². The molecule has 88 valence electrons. The van der Waals surface area contributed by atoms with Gasteiger partial charge in [-0.05, 0) is 6.92 Å². The first-order chi connectivity index (χ1) is 7.72. The number of carbonyl (C=O) groups is 1. The van der Waals surface area contributed by atoms with Crippen LogP contribution in [0, 0.1) is 5.92 Å². The van der Waals surface area contributed by atoms with E-state index in [-0.39, 0.29) is 17.8 Å². The zero-order chi connectivity index (χ0) is 11.5. The summed E-state index contributed by atoms with van der Waals surface area (Å²) in [4.78, 5) is 16.0. The van der Waals surface area contributed by atoms with Crippen molar-refractivity contribution in [3.63, 3.8) is 0 Å². The molecule has 1 aromatic rings. The summed E-state index contributed by atoms with van der Waals surface area (Å²) >= 11 is 0. The van der Waals surface area contributed by atoms with Crippen LogP contribution in [-0.4, -0.2) is 35.2 Å². The molecule has 5 heteroatoms. The predicted octanol–water partition coefficient (Wildman–Crippen LogP) is 0.286. The molecule has 0 amide bonds. The highest BCUT2D eigenvalue weighted by Crippen LogP contribution is 2.27. The van der Waals surface area contributed by atoms with Crippen molar-refractivity contribution in [1.29, 1.82) is 0 Å². The third-order valence-corrected chi connectivity index (χ3v) is 2.91. The minimum absolute atomic E-state index is 0.102. The molecule has 0 saturated carbocycles. The molecule has 1 aromatic heterocycles. The van der Waals surface area contributed by atoms with Gasteiger partial charge < -0.3 is 14.6 Å². The number of hydrogen-bond donors (Lipinski definition) is 1. The Kier molecular flexibility index (Phi) is 3.24. The second-order valence-electron chi connectivity index (χ2n) is 4.09. The first-order valence-electron chi connectivity index (χ1n) is 5.57. The quantitative estimate of drug-likeness (QED) is 0.748. The molecule has 0 aliphatic carbocycles. The average Bonchev–Trinajstić information content (AvgIpc) is 2.85. The van der Waals surface area contributed by atoms with Gasteiger partial charge in [-0.3, -0.25) is 4.79 Å². The average molecular weight is 223 g/mol. The van der Waals surface area contributed by atoms with Crippen LogP contribution in [0.25, 0.3) is 0 Å². The Labute approximate surface area is 94.8 Å². The molecule has 0 spiro atoms. The number of aryl methyl sites for hydroxylation is 1. The maximum absolute atomic E-state index is 11.7. The molecular weight excluding hydrogens is 206 g/mol. The molecule has 1 saturated heterocycles. The van der Waals surface area contributed by atoms with E-state index in [4.69, 9.17) is 4.74 Å². The zero-order valence-electron chi connectivity index (χ0n) is 9.64. The van der Waals surface area contributed by atoms with Gasteiger partial charge in [0.2, 0.25) is 0 Å². The van der Waals surface area contributed by atoms with Gasteiger partial charge >= 0.3 is 5.97 Å². The monoisotopic (exact) mass is 223 g/mol. The first-order valence-corrected chi connectivity index (χ1v) is 5.57. The molecule has 16 heavy (non-hydrogen) atoms. The van der Waals surface area contributed by atoms with Crippen molar-refractivity contribution in [2.24, 2.45) is 13.0 Å². The Hall–Kier alpha value is -1.36. The molecule has 2 heterocycles. The second-order valence-corrected chi connectivity index (χ2v) is 4.09. The lowest BCUT2D eigenvalue weighted by molar-refractivity contribution is -0.147. The van der Waals surface area contributed by atoms with E-state index in [1.54, 1.807) is 6.33 Å². The van der Waals surface area contributed by atoms with Crippen molar-refractivity contribution in [2.75, 3.05) is 19.7 Å². The van der Waals surface area contributed by atoms with Crippen LogP contribution in [0.5, 0.6) is 0 Å². The highest BCUT2D eigenvalue weighted by atomic mass is 16.5. The standard InChI is InChI=1S/C11H17N3O2/c1-3-16-11(15)9-5-12-4-8(9)10-6-14(2)7-13-10/h6-9,12H,3-5H2,1-2H3/t8-,9-/m1/s1. The van der Waals surface area contributed by atoms with E-state index in [1.807, 2.05) is 24.7 Å². The van der Waals surface area contributed by atoms with Gasteiger partial charge in [0, 0.05) is 32.3 Å². The number of nitrogens with zero attached hydrogens (tertiary/aromatic N) is 2. The Balaban J connectivity index is 2.11. The van der Waals surface area contributed by atoms with Crippen LogP contribution in [0.4, 0.5) is 0 Å². The lowest BCUT2D eigenvalue weighted by Crippen LogP contribution is -2.24. The third kappa shape index (κ3) is 2.09. The molecule has 0 unspecified atom stereocenters. The van der Waals surface area contributed by atoms with E-state index < -0.39 is 0 Å². The summed E-state index contributed by atoms with van der Waals surface area (Å²) in [5, 5.41) is 3.22. The SMILES string of the molecule is CCOC(=O)[C@@H]1CNC[C@H]1c1cn(C)cn1. The highest BCUT2D eigenvalue weighted by Gasteiger charge is 2.36. The number of hydrogen-bond acceptors (Lipinski definition) is 4. The fourth-order valence-electron chi connectivity index (χ4n) is 2.11. The Bertz CT molecular complexity index is 375. The number of aromatic nitrogens is 2. The molecule has 2 rings (SSSR count). The van der Waals surface area contributed by atoms with Crippen LogP contribution < -0.4 is 5.32 Å². The largest absolute Gasteiger partial charge is 0.466 e. The van der Waals surface area contributed by atoms with Gasteiger partial charge in [-0.2, -0.15) is 0 Å². The first kappa shape index (κ1) is 11.1. The van der Waals surface area contributed by atoms with Crippen molar-refractivity contribution in [1.82, 2.24) is 14.9 Å². The molecule has 1 fully saturated rings. The minimum atomic E-state index is -0.122. The van der Waals surface area contributed by atoms with Gasteiger partial charge in [-0.1, -0.05) is 0 Å². The van der Waals surface area contributed by atoms with E-state index in [2.05, 4.69) is 10.3 Å². The van der Waals surface area contributed by atoms with E-state index in [0.717, 1.165) is 12.2 Å². The number of nitrogens with one attached hydrogen (secondary N) is 1. The van der Waals surface area contributed by atoms with E-state index in [1.165, 1.54) is 0 Å². The van der Waals surface area contributed by atoms with Gasteiger partial charge in [-0.25, -0.2) is 4.98 Å². The van der Waals surface area contributed by atoms with Crippen LogP contribution in [-0.2, 0) is 16.6 Å². The Morgan fingerprint density at radius 1 is 1.69 bits per heavy atom. The maximum atomic E-state index is 11.7. The Morgan fingerprint density at radius 3 is 3.12 bits per heavy atom. The van der Waals surface area contributed by atoms with Gasteiger partial charge in [0.15, 0.2) is 0 Å². The lowest BCUT2D eigenvalue weighted by atomic mass is 9.93. The lowest BCUT2D eigenvalue weighted by Gasteiger charge is -2.14. The van der Waals surface area contributed by atoms with Crippen molar-refractivity contribution < 1.29 is 9.53 Å². The van der Waals surface area contributed by atoms with Crippen LogP contribution in [0.3, 0.4) is 0 Å². The summed E-state index contributed by atoms with van der Waals surface area (Å²) in [5.41, 5.74) is 0.963. The number of rotatable bonds is 3. The van der Waals surface area contributed by atoms with Gasteiger partial charge in [0.05, 0.1) is 24.5 Å². The fraction of sp³-hybridized carbons (Fsp3) is 0.636. The Morgan fingerprint density at radius 2 is 2.50 bits per heavy atom. The van der Waals surface area contributed by atoms with Gasteiger partial charge in [0.25, 0.3) is 0 Å². The maximum Gasteiger partial charge on any atom is 0.310 e. The molecule has 2 atom stereocenters. The second kappa shape index (κ2) is 4.65. The number of imidazole rings is 1. The van der Waals surface area contributed by atoms with Gasteiger partial charge in [-0.15, -0.1) is 0 Å². The van der Waals surface area contributed by atoms with Crippen molar-refractivity contribution in [3.05, 3.63) is 18.2 Å². The van der Waals surface area contributed by atoms with Crippen LogP contribution >= 0.6 is 0 Å². The molecule has 1 aliphatic heterocycles. The van der Waals surface area contributed by atoms with Gasteiger partial charge in [0.1, 0.15) is 0 Å². The molecule has 5 nitrogen and oxygen atoms in total. The molecule has 0 aromatic carbocycles. The third-order valence-electron chi connectivity index (χ3n) is 2.91. The predicted molar refractivity (Wildman–Crippen MR) is 58.9 cm³/mol. The van der Waals surface area contributed by atoms with Crippen molar-refractivity contribution >= 4 is 5.97 Å². The number of esters is 1. The normalized spacial score (nSPS) is 24.6. The minimum Gasteiger partial charge on any atom is -0.466 e. The summed E-state index contributed by atoms with van der Waals surface area (Å²) in [7, 11) is 1.93. The van der Waals surface area contributed by atoms with Crippen LogP contribution in [0.15, 0.2) is 12.5 Å². The van der Waals surface area contributed by atoms with Crippen molar-refractivity contribution in [3.8, 4) is 0 Å². The summed E-state index contributed by atoms with van der Waals surface area (Å²) in [6.45, 7) is 3.74. The van der Waals surface area contributed by atoms with Crippen LogP contribution in [0.1, 0.15) is 18.5 Å². The molecule has 1 N–H and O–H groups in total. The van der Waals surface area contributed by atoms with E-state index in [9.17, 15) is 4.79 Å². The summed E-state index contributed by atoms with van der Waals surface area (Å²) < 4.78 is 6.97.